The Bertz CT molecular complexity index is 1340. The molecule has 10 heteroatoms. The molecule has 0 spiro atoms. The quantitative estimate of drug-likeness (QED) is 0.251. The fraction of sp³-hybridized carbons (Fsp3) is 0.333. The van der Waals surface area contributed by atoms with Crippen LogP contribution < -0.4 is 20.7 Å². The zero-order valence-electron chi connectivity index (χ0n) is 23.3. The predicted molar refractivity (Wildman–Crippen MR) is 151 cm³/mol. The van der Waals surface area contributed by atoms with E-state index in [2.05, 4.69) is 10.6 Å². The maximum Gasteiger partial charge on any atom is 0.342 e. The minimum absolute atomic E-state index is 0.121. The number of amides is 4. The largest absolute Gasteiger partial charge is 0.503 e. The Hall–Kier alpha value is -4.34. The summed E-state index contributed by atoms with van der Waals surface area (Å²) in [4.78, 5) is 27.6. The molecule has 0 saturated heterocycles. The average molecular weight is 555 g/mol. The first kappa shape index (κ1) is 30.2. The van der Waals surface area contributed by atoms with E-state index in [9.17, 15) is 28.6 Å². The number of aromatic hydroxyl groups is 2. The van der Waals surface area contributed by atoms with Gasteiger partial charge in [-0.2, -0.15) is 10.0 Å². The molecule has 4 N–H and O–H groups in total. The second-order valence-corrected chi connectivity index (χ2v) is 11.4. The Morgan fingerprint density at radius 2 is 1.25 bits per heavy atom. The minimum Gasteiger partial charge on any atom is -0.503 e. The zero-order valence-corrected chi connectivity index (χ0v) is 23.3. The van der Waals surface area contributed by atoms with Gasteiger partial charge in [-0.25, -0.2) is 18.4 Å². The number of urea groups is 2. The lowest BCUT2D eigenvalue weighted by Gasteiger charge is -2.39. The number of nitrogens with one attached hydrogen (secondary N) is 2. The van der Waals surface area contributed by atoms with Gasteiger partial charge in [0.1, 0.15) is 11.4 Å². The fourth-order valence-corrected chi connectivity index (χ4v) is 4.71. The van der Waals surface area contributed by atoms with E-state index >= 15 is 0 Å². The number of anilines is 2. The van der Waals surface area contributed by atoms with Gasteiger partial charge in [-0.3, -0.25) is 0 Å². The number of para-hydroxylation sites is 2. The Morgan fingerprint density at radius 1 is 0.750 bits per heavy atom. The summed E-state index contributed by atoms with van der Waals surface area (Å²) in [7, 11) is 0. The van der Waals surface area contributed by atoms with E-state index in [4.69, 9.17) is 0 Å². The summed E-state index contributed by atoms with van der Waals surface area (Å²) in [6, 6.07) is 14.4. The summed E-state index contributed by atoms with van der Waals surface area (Å²) in [6.07, 6.45) is 0.953. The number of rotatable bonds is 7. The van der Waals surface area contributed by atoms with Crippen molar-refractivity contribution < 1.29 is 28.6 Å². The van der Waals surface area contributed by atoms with Crippen molar-refractivity contribution in [1.82, 2.24) is 10.6 Å². The van der Waals surface area contributed by atoms with Crippen molar-refractivity contribution in [3.05, 3.63) is 83.9 Å². The molecule has 4 amide bonds. The van der Waals surface area contributed by atoms with Gasteiger partial charge in [0.2, 0.25) is 0 Å². The first-order chi connectivity index (χ1) is 18.7. The molecule has 214 valence electrons. The van der Waals surface area contributed by atoms with Crippen LogP contribution in [0.2, 0.25) is 0 Å². The molecular formula is C30H36F2N4O4. The highest BCUT2D eigenvalue weighted by molar-refractivity contribution is 6.07. The Kier molecular flexibility index (Phi) is 9.24. The highest BCUT2D eigenvalue weighted by Crippen LogP contribution is 2.37. The van der Waals surface area contributed by atoms with Crippen molar-refractivity contribution in [1.29, 1.82) is 0 Å². The second kappa shape index (κ2) is 12.2. The Morgan fingerprint density at radius 3 is 1.75 bits per heavy atom. The first-order valence-electron chi connectivity index (χ1n) is 12.9. The molecule has 3 aromatic carbocycles. The number of halogens is 2. The van der Waals surface area contributed by atoms with Gasteiger partial charge in [-0.05, 0) is 61.9 Å². The number of hydrogen-bond donors (Lipinski definition) is 4. The minimum atomic E-state index is -1.04. The van der Waals surface area contributed by atoms with Crippen molar-refractivity contribution >= 4 is 23.4 Å². The SMILES string of the molecule is CC(C)(C)CC(C)(C)NC(=O)N(c1cccc(F)c1O)N(C(=O)NCCc1ccccc1)c1cccc(F)c1O. The highest BCUT2D eigenvalue weighted by Gasteiger charge is 2.37. The van der Waals surface area contributed by atoms with E-state index in [1.165, 1.54) is 24.3 Å². The molecule has 0 unspecified atom stereocenters. The molecule has 40 heavy (non-hydrogen) atoms. The van der Waals surface area contributed by atoms with Crippen LogP contribution in [0.5, 0.6) is 11.5 Å². The summed E-state index contributed by atoms with van der Waals surface area (Å²) < 4.78 is 29.0. The maximum atomic E-state index is 14.5. The number of nitrogens with zero attached hydrogens (tertiary/aromatic N) is 2. The van der Waals surface area contributed by atoms with E-state index in [1.807, 2.05) is 51.1 Å². The molecular weight excluding hydrogens is 518 g/mol. The van der Waals surface area contributed by atoms with Crippen LogP contribution >= 0.6 is 0 Å². The lowest BCUT2D eigenvalue weighted by molar-refractivity contribution is 0.212. The number of carbonyl (C=O) groups is 2. The molecule has 8 nitrogen and oxygen atoms in total. The third-order valence-corrected chi connectivity index (χ3v) is 5.92. The van der Waals surface area contributed by atoms with Gasteiger partial charge < -0.3 is 20.8 Å². The molecule has 0 heterocycles. The number of phenols is 2. The third kappa shape index (κ3) is 7.62. The highest BCUT2D eigenvalue weighted by atomic mass is 19.1. The number of hydrogen-bond acceptors (Lipinski definition) is 4. The Labute approximate surface area is 233 Å². The summed E-state index contributed by atoms with van der Waals surface area (Å²) in [5.74, 6) is -3.92. The van der Waals surface area contributed by atoms with E-state index in [0.29, 0.717) is 22.9 Å². The normalized spacial score (nSPS) is 11.6. The summed E-state index contributed by atoms with van der Waals surface area (Å²) in [6.45, 7) is 9.67. The molecule has 0 aliphatic carbocycles. The summed E-state index contributed by atoms with van der Waals surface area (Å²) in [5, 5.41) is 28.1. The molecule has 0 aliphatic heterocycles. The van der Waals surface area contributed by atoms with Crippen molar-refractivity contribution in [3.63, 3.8) is 0 Å². The molecule has 3 rings (SSSR count). The molecule has 0 aromatic heterocycles. The van der Waals surface area contributed by atoms with Crippen molar-refractivity contribution in [2.45, 2.75) is 53.0 Å². The molecule has 0 radical (unpaired) electrons. The van der Waals surface area contributed by atoms with Gasteiger partial charge in [0.05, 0.1) is 0 Å². The topological polar surface area (TPSA) is 105 Å². The van der Waals surface area contributed by atoms with Gasteiger partial charge in [0, 0.05) is 12.1 Å². The monoisotopic (exact) mass is 554 g/mol. The number of carbonyl (C=O) groups excluding carboxylic acids is 2. The third-order valence-electron chi connectivity index (χ3n) is 5.92. The molecule has 0 fully saturated rings. The van der Waals surface area contributed by atoms with Crippen LogP contribution in [0.25, 0.3) is 0 Å². The van der Waals surface area contributed by atoms with Gasteiger partial charge in [0.25, 0.3) is 0 Å². The molecule has 0 atom stereocenters. The second-order valence-electron chi connectivity index (χ2n) is 11.4. The predicted octanol–water partition coefficient (Wildman–Crippen LogP) is 6.48. The summed E-state index contributed by atoms with van der Waals surface area (Å²) >= 11 is 0. The van der Waals surface area contributed by atoms with Crippen molar-refractivity contribution in [2.24, 2.45) is 5.41 Å². The van der Waals surface area contributed by atoms with Gasteiger partial charge >= 0.3 is 12.1 Å². The maximum absolute atomic E-state index is 14.5. The van der Waals surface area contributed by atoms with Crippen molar-refractivity contribution in [2.75, 3.05) is 16.6 Å². The van der Waals surface area contributed by atoms with Gasteiger partial charge in [-0.1, -0.05) is 63.2 Å². The standard InChI is InChI=1S/C30H36F2N4O4/c1-29(2,3)19-30(4,5)34-28(40)36(24-16-10-14-22(32)26(24)38)35(23-15-9-13-21(31)25(23)37)27(39)33-18-17-20-11-7-6-8-12-20/h6-16,37-38H,17-19H2,1-5H3,(H,33,39)(H,34,40). The van der Waals surface area contributed by atoms with Gasteiger partial charge in [-0.15, -0.1) is 0 Å². The lowest BCUT2D eigenvalue weighted by atomic mass is 9.82. The first-order valence-corrected chi connectivity index (χ1v) is 12.9. The number of benzene rings is 3. The van der Waals surface area contributed by atoms with Crippen LogP contribution in [0.15, 0.2) is 66.7 Å². The molecule has 0 aliphatic rings. The molecule has 0 bridgehead atoms. The Balaban J connectivity index is 2.10. The van der Waals surface area contributed by atoms with Crippen LogP contribution in [-0.2, 0) is 6.42 Å². The van der Waals surface area contributed by atoms with Crippen LogP contribution in [0.1, 0.15) is 46.6 Å². The number of phenolic OH excluding ortho intramolecular Hbond substituents is 2. The number of hydrazine groups is 1. The fourth-order valence-electron chi connectivity index (χ4n) is 4.71. The smallest absolute Gasteiger partial charge is 0.342 e. The summed E-state index contributed by atoms with van der Waals surface area (Å²) in [5.41, 5.74) is -0.881. The van der Waals surface area contributed by atoms with Gasteiger partial charge in [0.15, 0.2) is 23.1 Å². The van der Waals surface area contributed by atoms with E-state index in [1.54, 1.807) is 13.8 Å². The van der Waals surface area contributed by atoms with Crippen LogP contribution in [-0.4, -0.2) is 34.4 Å². The average Bonchev–Trinajstić information content (AvgIpc) is 2.85. The zero-order chi connectivity index (χ0) is 29.7. The lowest BCUT2D eigenvalue weighted by Crippen LogP contribution is -2.60. The van der Waals surface area contributed by atoms with Crippen LogP contribution in [0.3, 0.4) is 0 Å². The van der Waals surface area contributed by atoms with E-state index in [0.717, 1.165) is 17.7 Å². The van der Waals surface area contributed by atoms with E-state index in [-0.39, 0.29) is 12.0 Å². The molecule has 0 saturated carbocycles. The van der Waals surface area contributed by atoms with Crippen LogP contribution in [0.4, 0.5) is 29.7 Å². The van der Waals surface area contributed by atoms with E-state index < -0.39 is 52.1 Å². The molecule has 3 aromatic rings. The van der Waals surface area contributed by atoms with Crippen LogP contribution in [0, 0.1) is 17.0 Å². The van der Waals surface area contributed by atoms with Crippen molar-refractivity contribution in [3.8, 4) is 11.5 Å².